The fraction of sp³-hybridized carbons (Fsp3) is 0.579. The van der Waals surface area contributed by atoms with Gasteiger partial charge in [0.2, 0.25) is 0 Å². The normalized spacial score (nSPS) is 17.7. The Bertz CT molecular complexity index is 640. The van der Waals surface area contributed by atoms with Crippen molar-refractivity contribution < 1.29 is 23.0 Å². The molecule has 0 amide bonds. The maximum atomic E-state index is 12.6. The van der Waals surface area contributed by atoms with E-state index in [1.807, 2.05) is 11.8 Å². The lowest BCUT2D eigenvalue weighted by molar-refractivity contribution is -0.149. The molecule has 1 unspecified atom stereocenters. The first-order valence-corrected chi connectivity index (χ1v) is 9.27. The second-order valence-electron chi connectivity index (χ2n) is 6.19. The summed E-state index contributed by atoms with van der Waals surface area (Å²) in [5, 5.41) is 3.21. The number of alkyl halides is 2. The van der Waals surface area contributed by atoms with Crippen LogP contribution >= 0.6 is 0 Å². The Morgan fingerprint density at radius 3 is 2.85 bits per heavy atom. The average Bonchev–Trinajstić information content (AvgIpc) is 2.66. The molecule has 0 aromatic heterocycles. The number of aliphatic imine (C=N–C) groups is 1. The van der Waals surface area contributed by atoms with Crippen molar-refractivity contribution in [3.63, 3.8) is 0 Å². The summed E-state index contributed by atoms with van der Waals surface area (Å²) in [6.07, 6.45) is 1.65. The van der Waals surface area contributed by atoms with Gasteiger partial charge in [0, 0.05) is 25.2 Å². The van der Waals surface area contributed by atoms with Crippen LogP contribution in [0.25, 0.3) is 0 Å². The van der Waals surface area contributed by atoms with Gasteiger partial charge in [0.25, 0.3) is 0 Å². The Balaban J connectivity index is 2.11. The maximum absolute atomic E-state index is 12.6. The number of piperidine rings is 1. The van der Waals surface area contributed by atoms with Crippen molar-refractivity contribution in [1.82, 2.24) is 10.2 Å². The van der Waals surface area contributed by atoms with Crippen LogP contribution in [0.5, 0.6) is 5.75 Å². The number of carbonyl (C=O) groups is 1. The van der Waals surface area contributed by atoms with Crippen molar-refractivity contribution >= 4 is 11.9 Å². The third-order valence-electron chi connectivity index (χ3n) is 4.26. The van der Waals surface area contributed by atoms with E-state index < -0.39 is 6.61 Å². The minimum absolute atomic E-state index is 0.121. The van der Waals surface area contributed by atoms with Crippen LogP contribution in [-0.2, 0) is 16.1 Å². The molecule has 1 saturated heterocycles. The Kier molecular flexibility index (Phi) is 8.29. The highest BCUT2D eigenvalue weighted by Gasteiger charge is 2.28. The molecule has 0 bridgehead atoms. The SMILES string of the molecule is CCNC(=NCc1ccccc1OC(F)F)N1CCCC(C(=O)OCC)C1. The van der Waals surface area contributed by atoms with Gasteiger partial charge in [-0.2, -0.15) is 8.78 Å². The Morgan fingerprint density at radius 1 is 1.37 bits per heavy atom. The second-order valence-corrected chi connectivity index (χ2v) is 6.19. The molecule has 1 heterocycles. The molecule has 1 aliphatic heterocycles. The molecule has 1 aliphatic rings. The molecule has 0 aliphatic carbocycles. The van der Waals surface area contributed by atoms with Crippen molar-refractivity contribution in [3.8, 4) is 5.75 Å². The van der Waals surface area contributed by atoms with Crippen molar-refractivity contribution in [3.05, 3.63) is 29.8 Å². The van der Waals surface area contributed by atoms with Crippen molar-refractivity contribution in [1.29, 1.82) is 0 Å². The van der Waals surface area contributed by atoms with Crippen molar-refractivity contribution in [2.45, 2.75) is 39.8 Å². The van der Waals surface area contributed by atoms with E-state index in [9.17, 15) is 13.6 Å². The zero-order valence-electron chi connectivity index (χ0n) is 15.8. The van der Waals surface area contributed by atoms with Gasteiger partial charge in [-0.05, 0) is 32.8 Å². The minimum atomic E-state index is -2.88. The van der Waals surface area contributed by atoms with Crippen LogP contribution in [0, 0.1) is 5.92 Å². The summed E-state index contributed by atoms with van der Waals surface area (Å²) in [5.74, 6) is 0.402. The monoisotopic (exact) mass is 383 g/mol. The van der Waals surface area contributed by atoms with E-state index in [2.05, 4.69) is 15.0 Å². The summed E-state index contributed by atoms with van der Waals surface area (Å²) >= 11 is 0. The number of esters is 1. The second kappa shape index (κ2) is 10.7. The van der Waals surface area contributed by atoms with Gasteiger partial charge in [-0.25, -0.2) is 4.99 Å². The number of nitrogens with zero attached hydrogens (tertiary/aromatic N) is 2. The summed E-state index contributed by atoms with van der Waals surface area (Å²) < 4.78 is 34.8. The Morgan fingerprint density at radius 2 is 2.15 bits per heavy atom. The van der Waals surface area contributed by atoms with Crippen LogP contribution < -0.4 is 10.1 Å². The summed E-state index contributed by atoms with van der Waals surface area (Å²) in [7, 11) is 0. The van der Waals surface area contributed by atoms with Gasteiger partial charge in [0.15, 0.2) is 5.96 Å². The summed E-state index contributed by atoms with van der Waals surface area (Å²) in [6.45, 7) is 3.40. The molecule has 1 fully saturated rings. The highest BCUT2D eigenvalue weighted by Crippen LogP contribution is 2.22. The smallest absolute Gasteiger partial charge is 0.387 e. The average molecular weight is 383 g/mol. The van der Waals surface area contributed by atoms with E-state index in [1.54, 1.807) is 25.1 Å². The van der Waals surface area contributed by atoms with Gasteiger partial charge in [0.05, 0.1) is 19.1 Å². The minimum Gasteiger partial charge on any atom is -0.466 e. The van der Waals surface area contributed by atoms with Crippen molar-refractivity contribution in [2.75, 3.05) is 26.2 Å². The zero-order valence-corrected chi connectivity index (χ0v) is 15.8. The highest BCUT2D eigenvalue weighted by atomic mass is 19.3. The number of guanidine groups is 1. The van der Waals surface area contributed by atoms with Gasteiger partial charge < -0.3 is 19.7 Å². The number of hydrogen-bond acceptors (Lipinski definition) is 4. The lowest BCUT2D eigenvalue weighted by atomic mass is 9.98. The molecule has 2 rings (SSSR count). The number of nitrogens with one attached hydrogen (secondary N) is 1. The van der Waals surface area contributed by atoms with E-state index in [1.165, 1.54) is 6.07 Å². The Labute approximate surface area is 158 Å². The molecular formula is C19H27F2N3O3. The first-order chi connectivity index (χ1) is 13.0. The van der Waals surface area contributed by atoms with Gasteiger partial charge >= 0.3 is 12.6 Å². The highest BCUT2D eigenvalue weighted by molar-refractivity contribution is 5.81. The van der Waals surface area contributed by atoms with Gasteiger partial charge in [0.1, 0.15) is 5.75 Å². The van der Waals surface area contributed by atoms with Crippen LogP contribution in [-0.4, -0.2) is 49.7 Å². The van der Waals surface area contributed by atoms with E-state index in [0.717, 1.165) is 19.4 Å². The summed E-state index contributed by atoms with van der Waals surface area (Å²) in [6, 6.07) is 6.61. The zero-order chi connectivity index (χ0) is 19.6. The molecule has 27 heavy (non-hydrogen) atoms. The molecule has 1 atom stereocenters. The number of carbonyl (C=O) groups excluding carboxylic acids is 1. The third-order valence-corrected chi connectivity index (χ3v) is 4.26. The fourth-order valence-electron chi connectivity index (χ4n) is 3.05. The topological polar surface area (TPSA) is 63.2 Å². The molecule has 1 aromatic carbocycles. The fourth-order valence-corrected chi connectivity index (χ4v) is 3.05. The lowest BCUT2D eigenvalue weighted by Gasteiger charge is -2.34. The van der Waals surface area contributed by atoms with Gasteiger partial charge in [-0.1, -0.05) is 18.2 Å². The first kappa shape index (κ1) is 20.9. The molecule has 8 heteroatoms. The van der Waals surface area contributed by atoms with E-state index in [0.29, 0.717) is 31.2 Å². The van der Waals surface area contributed by atoms with E-state index >= 15 is 0 Å². The van der Waals surface area contributed by atoms with Gasteiger partial charge in [-0.15, -0.1) is 0 Å². The van der Waals surface area contributed by atoms with Crippen LogP contribution in [0.15, 0.2) is 29.3 Å². The number of para-hydroxylation sites is 1. The number of halogens is 2. The predicted molar refractivity (Wildman–Crippen MR) is 98.8 cm³/mol. The molecule has 6 nitrogen and oxygen atoms in total. The first-order valence-electron chi connectivity index (χ1n) is 9.27. The quantitative estimate of drug-likeness (QED) is 0.446. The van der Waals surface area contributed by atoms with Crippen molar-refractivity contribution in [2.24, 2.45) is 10.9 Å². The summed E-state index contributed by atoms with van der Waals surface area (Å²) in [4.78, 5) is 18.6. The Hall–Kier alpha value is -2.38. The van der Waals surface area contributed by atoms with Crippen LogP contribution in [0.3, 0.4) is 0 Å². The molecule has 0 saturated carbocycles. The maximum Gasteiger partial charge on any atom is 0.387 e. The molecule has 150 valence electrons. The predicted octanol–water partition coefficient (Wildman–Crippen LogP) is 3.03. The lowest BCUT2D eigenvalue weighted by Crippen LogP contribution is -2.48. The number of ether oxygens (including phenoxy) is 2. The number of hydrogen-bond donors (Lipinski definition) is 1. The summed E-state index contributed by atoms with van der Waals surface area (Å²) in [5.41, 5.74) is 0.576. The van der Waals surface area contributed by atoms with E-state index in [4.69, 9.17) is 4.74 Å². The molecule has 0 radical (unpaired) electrons. The van der Waals surface area contributed by atoms with Crippen LogP contribution in [0.4, 0.5) is 8.78 Å². The number of likely N-dealkylation sites (tertiary alicyclic amines) is 1. The molecular weight excluding hydrogens is 356 g/mol. The van der Waals surface area contributed by atoms with E-state index in [-0.39, 0.29) is 24.2 Å². The van der Waals surface area contributed by atoms with Crippen LogP contribution in [0.1, 0.15) is 32.3 Å². The molecule has 0 spiro atoms. The molecule has 1 aromatic rings. The standard InChI is InChI=1S/C19H27F2N3O3/c1-3-22-19(24-11-7-9-15(13-24)17(25)26-4-2)23-12-14-8-5-6-10-16(14)27-18(20)21/h5-6,8,10,15,18H,3-4,7,9,11-13H2,1-2H3,(H,22,23). The number of benzene rings is 1. The van der Waals surface area contributed by atoms with Gasteiger partial charge in [-0.3, -0.25) is 4.79 Å². The van der Waals surface area contributed by atoms with Crippen LogP contribution in [0.2, 0.25) is 0 Å². The largest absolute Gasteiger partial charge is 0.466 e. The third kappa shape index (κ3) is 6.37. The number of rotatable bonds is 7. The molecule has 1 N–H and O–H groups in total.